The topological polar surface area (TPSA) is 113 Å². The van der Waals surface area contributed by atoms with Crippen LogP contribution in [0.5, 0.6) is 11.6 Å². The lowest BCUT2D eigenvalue weighted by Gasteiger charge is -2.04. The van der Waals surface area contributed by atoms with Gasteiger partial charge in [-0.1, -0.05) is 12.1 Å². The van der Waals surface area contributed by atoms with Crippen LogP contribution in [0.1, 0.15) is 5.56 Å². The zero-order valence-electron chi connectivity index (χ0n) is 11.1. The van der Waals surface area contributed by atoms with Crippen molar-refractivity contribution in [1.82, 2.24) is 4.98 Å². The molecule has 0 fully saturated rings. The smallest absolute Gasteiger partial charge is 0.287 e. The van der Waals surface area contributed by atoms with Crippen LogP contribution in [0.2, 0.25) is 0 Å². The monoisotopic (exact) mass is 292 g/mol. The van der Waals surface area contributed by atoms with Gasteiger partial charge in [-0.3, -0.25) is 10.1 Å². The number of aromatic nitrogens is 1. The van der Waals surface area contributed by atoms with Gasteiger partial charge in [0, 0.05) is 12.1 Å². The van der Waals surface area contributed by atoms with Crippen LogP contribution in [-0.4, -0.2) is 9.91 Å². The molecule has 0 spiro atoms. The van der Waals surface area contributed by atoms with Gasteiger partial charge in [0.1, 0.15) is 29.7 Å². The standard InChI is InChI=1S/C15H8N4O3/c16-8-12(9-17)7-11-1-4-14(5-2-11)22-15-6-3-13(10-18-15)19(20)21/h1-7,10H. The molecule has 7 nitrogen and oxygen atoms in total. The van der Waals surface area contributed by atoms with Gasteiger partial charge in [-0.2, -0.15) is 10.5 Å². The van der Waals surface area contributed by atoms with E-state index in [0.717, 1.165) is 6.20 Å². The van der Waals surface area contributed by atoms with Gasteiger partial charge < -0.3 is 4.74 Å². The van der Waals surface area contributed by atoms with Gasteiger partial charge in [-0.15, -0.1) is 0 Å². The Bertz CT molecular complexity index is 781. The minimum absolute atomic E-state index is 0.00528. The lowest BCUT2D eigenvalue weighted by Crippen LogP contribution is -1.91. The SMILES string of the molecule is N#CC(C#N)=Cc1ccc(Oc2ccc([N+](=O)[O-])cn2)cc1. The quantitative estimate of drug-likeness (QED) is 0.485. The van der Waals surface area contributed by atoms with Crippen LogP contribution in [-0.2, 0) is 0 Å². The summed E-state index contributed by atoms with van der Waals surface area (Å²) in [5.41, 5.74) is 0.571. The second kappa shape index (κ2) is 6.64. The summed E-state index contributed by atoms with van der Waals surface area (Å²) in [7, 11) is 0. The van der Waals surface area contributed by atoms with E-state index in [-0.39, 0.29) is 17.1 Å². The van der Waals surface area contributed by atoms with Gasteiger partial charge in [0.15, 0.2) is 0 Å². The molecule has 22 heavy (non-hydrogen) atoms. The number of allylic oxidation sites excluding steroid dienone is 1. The summed E-state index contributed by atoms with van der Waals surface area (Å²) in [5, 5.41) is 27.9. The molecule has 2 rings (SSSR count). The molecule has 1 aromatic heterocycles. The molecular formula is C15H8N4O3. The predicted octanol–water partition coefficient (Wildman–Crippen LogP) is 3.21. The van der Waals surface area contributed by atoms with E-state index < -0.39 is 4.92 Å². The Kier molecular flexibility index (Phi) is 4.43. The summed E-state index contributed by atoms with van der Waals surface area (Å²) >= 11 is 0. The molecule has 0 bridgehead atoms. The zero-order valence-corrected chi connectivity index (χ0v) is 11.1. The molecule has 0 aliphatic carbocycles. The highest BCUT2D eigenvalue weighted by Gasteiger charge is 2.06. The van der Waals surface area contributed by atoms with Crippen LogP contribution in [0.4, 0.5) is 5.69 Å². The molecule has 0 unspecified atom stereocenters. The van der Waals surface area contributed by atoms with Crippen LogP contribution < -0.4 is 4.74 Å². The molecule has 0 N–H and O–H groups in total. The number of hydrogen-bond donors (Lipinski definition) is 0. The van der Waals surface area contributed by atoms with Gasteiger partial charge in [0.05, 0.1) is 4.92 Å². The number of benzene rings is 1. The van der Waals surface area contributed by atoms with Crippen LogP contribution >= 0.6 is 0 Å². The van der Waals surface area contributed by atoms with Gasteiger partial charge in [-0.25, -0.2) is 4.98 Å². The Balaban J connectivity index is 2.12. The summed E-state index contributed by atoms with van der Waals surface area (Å²) in [6.45, 7) is 0. The molecule has 0 amide bonds. The number of pyridine rings is 1. The fourth-order valence-electron chi connectivity index (χ4n) is 1.55. The second-order valence-corrected chi connectivity index (χ2v) is 4.06. The molecule has 106 valence electrons. The van der Waals surface area contributed by atoms with E-state index in [1.54, 1.807) is 36.4 Å². The number of nitrogens with zero attached hydrogens (tertiary/aromatic N) is 4. The summed E-state index contributed by atoms with van der Waals surface area (Å²) in [6.07, 6.45) is 2.56. The first-order valence-electron chi connectivity index (χ1n) is 6.02. The molecule has 0 aliphatic rings. The first-order chi connectivity index (χ1) is 10.6. The van der Waals surface area contributed by atoms with Crippen molar-refractivity contribution in [3.8, 4) is 23.8 Å². The van der Waals surface area contributed by atoms with E-state index in [9.17, 15) is 10.1 Å². The molecule has 0 saturated heterocycles. The van der Waals surface area contributed by atoms with Crippen molar-refractivity contribution < 1.29 is 9.66 Å². The Labute approximate surface area is 125 Å². The number of nitriles is 2. The normalized spacial score (nSPS) is 9.18. The van der Waals surface area contributed by atoms with E-state index in [1.165, 1.54) is 18.2 Å². The molecule has 2 aromatic rings. The number of rotatable bonds is 4. The van der Waals surface area contributed by atoms with E-state index in [0.29, 0.717) is 11.3 Å². The molecule has 0 aliphatic heterocycles. The molecular weight excluding hydrogens is 284 g/mol. The first kappa shape index (κ1) is 14.7. The number of ether oxygens (including phenoxy) is 1. The van der Waals surface area contributed by atoms with Gasteiger partial charge >= 0.3 is 0 Å². The molecule has 0 radical (unpaired) electrons. The van der Waals surface area contributed by atoms with E-state index >= 15 is 0 Å². The Morgan fingerprint density at radius 1 is 1.18 bits per heavy atom. The highest BCUT2D eigenvalue weighted by atomic mass is 16.6. The van der Waals surface area contributed by atoms with Crippen molar-refractivity contribution in [2.24, 2.45) is 0 Å². The van der Waals surface area contributed by atoms with Crippen LogP contribution in [0.3, 0.4) is 0 Å². The van der Waals surface area contributed by atoms with Crippen LogP contribution in [0.25, 0.3) is 6.08 Å². The number of hydrogen-bond acceptors (Lipinski definition) is 6. The Morgan fingerprint density at radius 3 is 2.36 bits per heavy atom. The van der Waals surface area contributed by atoms with Crippen LogP contribution in [0, 0.1) is 32.8 Å². The lowest BCUT2D eigenvalue weighted by molar-refractivity contribution is -0.385. The molecule has 0 atom stereocenters. The fraction of sp³-hybridized carbons (Fsp3) is 0. The van der Waals surface area contributed by atoms with Gasteiger partial charge in [-0.05, 0) is 23.8 Å². The minimum Gasteiger partial charge on any atom is -0.439 e. The van der Waals surface area contributed by atoms with E-state index in [4.69, 9.17) is 15.3 Å². The highest BCUT2D eigenvalue weighted by molar-refractivity contribution is 5.62. The Hall–Kier alpha value is -3.71. The van der Waals surface area contributed by atoms with Crippen LogP contribution in [0.15, 0.2) is 48.2 Å². The molecule has 1 aromatic carbocycles. The van der Waals surface area contributed by atoms with Crippen molar-refractivity contribution in [2.75, 3.05) is 0 Å². The number of nitro groups is 1. The maximum absolute atomic E-state index is 10.5. The highest BCUT2D eigenvalue weighted by Crippen LogP contribution is 2.22. The van der Waals surface area contributed by atoms with E-state index in [2.05, 4.69) is 4.98 Å². The second-order valence-electron chi connectivity index (χ2n) is 4.06. The van der Waals surface area contributed by atoms with Gasteiger partial charge in [0.2, 0.25) is 5.88 Å². The maximum atomic E-state index is 10.5. The maximum Gasteiger partial charge on any atom is 0.287 e. The molecule has 1 heterocycles. The largest absolute Gasteiger partial charge is 0.439 e. The van der Waals surface area contributed by atoms with Crippen molar-refractivity contribution in [3.63, 3.8) is 0 Å². The van der Waals surface area contributed by atoms with Crippen molar-refractivity contribution in [1.29, 1.82) is 10.5 Å². The fourth-order valence-corrected chi connectivity index (χ4v) is 1.55. The average Bonchev–Trinajstić information content (AvgIpc) is 2.54. The summed E-state index contributed by atoms with van der Waals surface area (Å²) < 4.78 is 5.44. The first-order valence-corrected chi connectivity index (χ1v) is 6.02. The zero-order chi connectivity index (χ0) is 15.9. The third-order valence-corrected chi connectivity index (χ3v) is 2.59. The van der Waals surface area contributed by atoms with E-state index in [1.807, 2.05) is 0 Å². The predicted molar refractivity (Wildman–Crippen MR) is 76.6 cm³/mol. The van der Waals surface area contributed by atoms with Gasteiger partial charge in [0.25, 0.3) is 5.69 Å². The third kappa shape index (κ3) is 3.65. The Morgan fingerprint density at radius 2 is 1.86 bits per heavy atom. The minimum atomic E-state index is -0.542. The van der Waals surface area contributed by atoms with Crippen molar-refractivity contribution in [3.05, 3.63) is 63.8 Å². The summed E-state index contributed by atoms with van der Waals surface area (Å²) in [5.74, 6) is 0.706. The molecule has 7 heteroatoms. The third-order valence-electron chi connectivity index (χ3n) is 2.59. The van der Waals surface area contributed by atoms with Crippen molar-refractivity contribution in [2.45, 2.75) is 0 Å². The lowest BCUT2D eigenvalue weighted by atomic mass is 10.1. The molecule has 0 saturated carbocycles. The van der Waals surface area contributed by atoms with Crippen molar-refractivity contribution >= 4 is 11.8 Å². The summed E-state index contributed by atoms with van der Waals surface area (Å²) in [6, 6.07) is 12.9. The average molecular weight is 292 g/mol. The summed E-state index contributed by atoms with van der Waals surface area (Å²) in [4.78, 5) is 13.8.